The fourth-order valence-corrected chi connectivity index (χ4v) is 7.57. The van der Waals surface area contributed by atoms with Crippen LogP contribution in [0.4, 0.5) is 0 Å². The number of aliphatic hydroxyl groups excluding tert-OH is 1. The number of unbranched alkanes of at least 4 members (excludes halogenated alkanes) is 1. The van der Waals surface area contributed by atoms with Crippen molar-refractivity contribution in [3.8, 4) is 5.75 Å². The van der Waals surface area contributed by atoms with Crippen LogP contribution in [0.15, 0.2) is 85.1 Å². The van der Waals surface area contributed by atoms with E-state index < -0.39 is 77.8 Å². The van der Waals surface area contributed by atoms with Crippen LogP contribution in [0, 0.1) is 0 Å². The first-order valence-electron chi connectivity index (χ1n) is 20.4. The summed E-state index contributed by atoms with van der Waals surface area (Å²) in [6.45, 7) is 1.64. The monoisotopic (exact) mass is 856 g/mol. The number of hydrogen-bond donors (Lipinski definition) is 10. The molecule has 1 aliphatic heterocycles. The maximum absolute atomic E-state index is 14.5. The number of amides is 6. The normalized spacial score (nSPS) is 22.9. The summed E-state index contributed by atoms with van der Waals surface area (Å²) in [7, 11) is 1.37. The summed E-state index contributed by atoms with van der Waals surface area (Å²) >= 11 is 4.34. The van der Waals surface area contributed by atoms with Crippen LogP contribution < -0.4 is 32.3 Å². The number of nitrogens with zero attached hydrogens (tertiary/aromatic N) is 1. The smallest absolute Gasteiger partial charge is 0.248 e. The molecule has 16 nitrogen and oxygen atoms in total. The van der Waals surface area contributed by atoms with Gasteiger partial charge in [-0.3, -0.25) is 28.8 Å². The molecule has 326 valence electrons. The average Bonchev–Trinajstić information content (AvgIpc) is 3.66. The van der Waals surface area contributed by atoms with Gasteiger partial charge in [0.2, 0.25) is 35.4 Å². The highest BCUT2D eigenvalue weighted by molar-refractivity contribution is 7.80. The van der Waals surface area contributed by atoms with Gasteiger partial charge in [0, 0.05) is 43.4 Å². The van der Waals surface area contributed by atoms with E-state index in [-0.39, 0.29) is 43.6 Å². The van der Waals surface area contributed by atoms with E-state index in [9.17, 15) is 39.0 Å². The standard InChI is InChI=1S/C44H56N8O8S/c1-26(53)38-44(60)52(2)37(23-27-10-4-3-5-11-27)43(59)48-34(19-21-61)39(55)49-35(22-28-15-17-30(54)18-16-28)41(57)50-36(24-29-25-46-32-13-7-6-12-31(29)32)42(58)47-33(40(56)51-38)14-8-9-20-45/h3-7,10-13,15-18,25-26,33-38,46,53-54,61H,8-9,14,19-24,45H2,1-2H3,(H,47,58)(H,48,59)(H,49,55)(H,50,57)(H,51,56)/t26-,33+,34-,35+,36+,37+,38+/m1/s1. The minimum atomic E-state index is -1.55. The Balaban J connectivity index is 1.60. The van der Waals surface area contributed by atoms with Crippen molar-refractivity contribution in [1.29, 1.82) is 0 Å². The summed E-state index contributed by atoms with van der Waals surface area (Å²) in [5, 5.41) is 35.5. The Morgan fingerprint density at radius 2 is 1.23 bits per heavy atom. The largest absolute Gasteiger partial charge is 0.508 e. The topological polar surface area (TPSA) is 248 Å². The number of H-pyrrole nitrogens is 1. The van der Waals surface area contributed by atoms with Crippen LogP contribution in [0.1, 0.15) is 49.3 Å². The van der Waals surface area contributed by atoms with Gasteiger partial charge < -0.3 is 52.4 Å². The molecule has 4 aromatic rings. The predicted molar refractivity (Wildman–Crippen MR) is 233 cm³/mol. The Kier molecular flexibility index (Phi) is 16.7. The number of carbonyl (C=O) groups is 6. The number of aromatic nitrogens is 1. The zero-order chi connectivity index (χ0) is 44.1. The molecule has 17 heteroatoms. The van der Waals surface area contributed by atoms with Gasteiger partial charge in [0.05, 0.1) is 6.10 Å². The Morgan fingerprint density at radius 3 is 1.89 bits per heavy atom. The molecule has 7 atom stereocenters. The number of aliphatic hydroxyl groups is 1. The summed E-state index contributed by atoms with van der Waals surface area (Å²) in [5.41, 5.74) is 8.51. The number of aromatic hydroxyl groups is 1. The minimum absolute atomic E-state index is 0.00603. The second-order valence-electron chi connectivity index (χ2n) is 15.4. The lowest BCUT2D eigenvalue weighted by atomic mass is 9.99. The van der Waals surface area contributed by atoms with E-state index in [0.29, 0.717) is 36.1 Å². The second-order valence-corrected chi connectivity index (χ2v) is 15.8. The van der Waals surface area contributed by atoms with Gasteiger partial charge in [-0.2, -0.15) is 12.6 Å². The third-order valence-corrected chi connectivity index (χ3v) is 11.1. The number of fused-ring (bicyclic) bond motifs is 1. The Labute approximate surface area is 360 Å². The fraction of sp³-hybridized carbons (Fsp3) is 0.409. The van der Waals surface area contributed by atoms with Gasteiger partial charge in [-0.05, 0) is 79.8 Å². The van der Waals surface area contributed by atoms with E-state index >= 15 is 0 Å². The molecule has 1 fully saturated rings. The van der Waals surface area contributed by atoms with Gasteiger partial charge in [-0.25, -0.2) is 0 Å². The number of rotatable bonds is 13. The SMILES string of the molecule is C[C@@H](O)[C@@H]1NC(=O)[C@H](CCCCN)NC(=O)[C@H](Cc2c[nH]c3ccccc23)NC(=O)[C@H](Cc2ccc(O)cc2)NC(=O)[C@@H](CCS)NC(=O)[C@H](Cc2ccccc2)N(C)C1=O. The molecule has 0 spiro atoms. The lowest BCUT2D eigenvalue weighted by Gasteiger charge is -2.34. The number of phenolic OH excluding ortho intramolecular Hbond substituents is 1. The Morgan fingerprint density at radius 1 is 0.672 bits per heavy atom. The number of nitrogens with two attached hydrogens (primary N) is 1. The average molecular weight is 857 g/mol. The van der Waals surface area contributed by atoms with Crippen molar-refractivity contribution in [3.63, 3.8) is 0 Å². The van der Waals surface area contributed by atoms with E-state index in [1.165, 1.54) is 26.1 Å². The number of carbonyl (C=O) groups excluding carboxylic acids is 6. The quantitative estimate of drug-likeness (QED) is 0.0680. The van der Waals surface area contributed by atoms with Crippen LogP contribution in [0.5, 0.6) is 5.75 Å². The maximum Gasteiger partial charge on any atom is 0.248 e. The van der Waals surface area contributed by atoms with Crippen molar-refractivity contribution < 1.29 is 39.0 Å². The highest BCUT2D eigenvalue weighted by Gasteiger charge is 2.38. The zero-order valence-electron chi connectivity index (χ0n) is 34.3. The van der Waals surface area contributed by atoms with Gasteiger partial charge in [-0.1, -0.05) is 60.7 Å². The number of hydrogen-bond acceptors (Lipinski definition) is 10. The second kappa shape index (κ2) is 22.1. The molecule has 0 saturated carbocycles. The number of aromatic amines is 1. The van der Waals surface area contributed by atoms with Gasteiger partial charge in [0.25, 0.3) is 0 Å². The van der Waals surface area contributed by atoms with Gasteiger partial charge in [-0.15, -0.1) is 0 Å². The highest BCUT2D eigenvalue weighted by atomic mass is 32.1. The molecular formula is C44H56N8O8S. The van der Waals surface area contributed by atoms with Crippen molar-refractivity contribution in [3.05, 3.63) is 102 Å². The van der Waals surface area contributed by atoms with E-state index in [1.807, 2.05) is 24.3 Å². The third kappa shape index (κ3) is 12.6. The molecule has 2 heterocycles. The Hall–Kier alpha value is -5.91. The highest BCUT2D eigenvalue weighted by Crippen LogP contribution is 2.20. The molecule has 1 saturated heterocycles. The number of phenols is 1. The summed E-state index contributed by atoms with van der Waals surface area (Å²) in [6, 6.07) is 14.5. The minimum Gasteiger partial charge on any atom is -0.508 e. The van der Waals surface area contributed by atoms with Gasteiger partial charge in [0.1, 0.15) is 42.0 Å². The maximum atomic E-state index is 14.5. The molecule has 61 heavy (non-hydrogen) atoms. The number of para-hydroxylation sites is 1. The molecule has 1 aliphatic rings. The van der Waals surface area contributed by atoms with Crippen LogP contribution >= 0.6 is 12.6 Å². The molecule has 0 unspecified atom stereocenters. The van der Waals surface area contributed by atoms with Crippen LogP contribution in [-0.2, 0) is 48.0 Å². The van der Waals surface area contributed by atoms with Crippen LogP contribution in [-0.4, -0.2) is 117 Å². The summed E-state index contributed by atoms with van der Waals surface area (Å²) in [4.78, 5) is 90.2. The van der Waals surface area contributed by atoms with Crippen LogP contribution in [0.3, 0.4) is 0 Å². The van der Waals surface area contributed by atoms with Crippen LogP contribution in [0.2, 0.25) is 0 Å². The van der Waals surface area contributed by atoms with Crippen molar-refractivity contribution in [2.45, 2.75) is 94.2 Å². The van der Waals surface area contributed by atoms with Gasteiger partial charge >= 0.3 is 0 Å². The van der Waals surface area contributed by atoms with Gasteiger partial charge in [0.15, 0.2) is 0 Å². The van der Waals surface area contributed by atoms with Crippen LogP contribution in [0.25, 0.3) is 10.9 Å². The summed E-state index contributed by atoms with van der Waals surface area (Å²) in [6.07, 6.45) is 1.26. The van der Waals surface area contributed by atoms with E-state index in [2.05, 4.69) is 44.2 Å². The first kappa shape index (κ1) is 46.2. The van der Waals surface area contributed by atoms with E-state index in [1.54, 1.807) is 48.7 Å². The fourth-order valence-electron chi connectivity index (χ4n) is 7.31. The number of thiol groups is 1. The molecule has 10 N–H and O–H groups in total. The van der Waals surface area contributed by atoms with Crippen molar-refractivity contribution in [2.75, 3.05) is 19.3 Å². The van der Waals surface area contributed by atoms with E-state index in [0.717, 1.165) is 15.8 Å². The molecular weight excluding hydrogens is 801 g/mol. The lowest BCUT2D eigenvalue weighted by Crippen LogP contribution is -2.63. The molecule has 0 bridgehead atoms. The number of likely N-dealkylation sites (N-methyl/N-ethyl adjacent to an activating group) is 1. The lowest BCUT2D eigenvalue weighted by molar-refractivity contribution is -0.145. The van der Waals surface area contributed by atoms with E-state index in [4.69, 9.17) is 5.73 Å². The Bertz CT molecular complexity index is 2130. The third-order valence-electron chi connectivity index (χ3n) is 10.8. The number of benzene rings is 3. The molecule has 3 aromatic carbocycles. The summed E-state index contributed by atoms with van der Waals surface area (Å²) in [5.74, 6) is -4.29. The first-order valence-corrected chi connectivity index (χ1v) is 21.1. The zero-order valence-corrected chi connectivity index (χ0v) is 35.2. The number of nitrogens with one attached hydrogen (secondary N) is 6. The molecule has 6 amide bonds. The predicted octanol–water partition coefficient (Wildman–Crippen LogP) is 0.996. The molecule has 0 radical (unpaired) electrons. The van der Waals surface area contributed by atoms with Crippen molar-refractivity contribution in [1.82, 2.24) is 36.5 Å². The molecule has 5 rings (SSSR count). The summed E-state index contributed by atoms with van der Waals surface area (Å²) < 4.78 is 0. The van der Waals surface area contributed by atoms with Crippen molar-refractivity contribution >= 4 is 59.0 Å². The molecule has 0 aliphatic carbocycles. The molecule has 1 aromatic heterocycles. The first-order chi connectivity index (χ1) is 29.3. The van der Waals surface area contributed by atoms with Crippen molar-refractivity contribution in [2.24, 2.45) is 5.73 Å².